The van der Waals surface area contributed by atoms with Gasteiger partial charge in [-0.3, -0.25) is 4.98 Å². The van der Waals surface area contributed by atoms with Crippen molar-refractivity contribution in [1.82, 2.24) is 14.9 Å². The van der Waals surface area contributed by atoms with E-state index in [-0.39, 0.29) is 0 Å². The van der Waals surface area contributed by atoms with E-state index in [1.54, 1.807) is 0 Å². The first-order valence-electron chi connectivity index (χ1n) is 9.84. The minimum absolute atomic E-state index is 0.546. The first-order valence-corrected chi connectivity index (χ1v) is 10.2. The van der Waals surface area contributed by atoms with Gasteiger partial charge in [0.05, 0.1) is 11.0 Å². The third-order valence-corrected chi connectivity index (χ3v) is 5.86. The SMILES string of the molecule is CCc1cc2c(cc1CCCCN1CCCC1)nc(Cl)c1cccnc12. The van der Waals surface area contributed by atoms with Crippen molar-refractivity contribution in [3.63, 3.8) is 0 Å². The lowest BCUT2D eigenvalue weighted by atomic mass is 9.96. The monoisotopic (exact) mass is 367 g/mol. The van der Waals surface area contributed by atoms with Crippen LogP contribution in [0.4, 0.5) is 0 Å². The maximum absolute atomic E-state index is 6.40. The van der Waals surface area contributed by atoms with Crippen molar-refractivity contribution in [2.45, 2.75) is 45.4 Å². The Hall–Kier alpha value is -1.71. The van der Waals surface area contributed by atoms with E-state index in [0.29, 0.717) is 5.15 Å². The minimum atomic E-state index is 0.546. The van der Waals surface area contributed by atoms with Crippen LogP contribution in [0, 0.1) is 0 Å². The van der Waals surface area contributed by atoms with E-state index in [2.05, 4.69) is 33.9 Å². The lowest BCUT2D eigenvalue weighted by molar-refractivity contribution is 0.330. The van der Waals surface area contributed by atoms with E-state index >= 15 is 0 Å². The predicted molar refractivity (Wildman–Crippen MR) is 110 cm³/mol. The number of hydrogen-bond donors (Lipinski definition) is 0. The first kappa shape index (κ1) is 17.7. The number of nitrogens with zero attached hydrogens (tertiary/aromatic N) is 3. The molecule has 1 aliphatic rings. The van der Waals surface area contributed by atoms with E-state index in [1.165, 1.54) is 56.4 Å². The van der Waals surface area contributed by atoms with Gasteiger partial charge in [-0.25, -0.2) is 4.98 Å². The number of aryl methyl sites for hydroxylation is 2. The van der Waals surface area contributed by atoms with Crippen LogP contribution in [0.1, 0.15) is 43.7 Å². The van der Waals surface area contributed by atoms with E-state index in [4.69, 9.17) is 11.6 Å². The first-order chi connectivity index (χ1) is 12.8. The summed E-state index contributed by atoms with van der Waals surface area (Å²) in [6.45, 7) is 6.05. The lowest BCUT2D eigenvalue weighted by Crippen LogP contribution is -2.20. The number of rotatable bonds is 6. The van der Waals surface area contributed by atoms with Crippen molar-refractivity contribution in [1.29, 1.82) is 0 Å². The van der Waals surface area contributed by atoms with Crippen molar-refractivity contribution < 1.29 is 0 Å². The van der Waals surface area contributed by atoms with Crippen LogP contribution in [-0.4, -0.2) is 34.5 Å². The Kier molecular flexibility index (Phi) is 5.37. The average Bonchev–Trinajstić information content (AvgIpc) is 3.18. The van der Waals surface area contributed by atoms with Crippen LogP contribution in [0.3, 0.4) is 0 Å². The zero-order valence-corrected chi connectivity index (χ0v) is 16.2. The van der Waals surface area contributed by atoms with Crippen LogP contribution in [0.15, 0.2) is 30.5 Å². The summed E-state index contributed by atoms with van der Waals surface area (Å²) in [6, 6.07) is 8.43. The van der Waals surface area contributed by atoms with Crippen LogP contribution in [0.25, 0.3) is 21.8 Å². The number of fused-ring (bicyclic) bond motifs is 3. The second kappa shape index (κ2) is 7.89. The normalized spacial score (nSPS) is 15.3. The number of unbranched alkanes of at least 4 members (excludes halogenated alkanes) is 1. The van der Waals surface area contributed by atoms with Gasteiger partial charge in [0.2, 0.25) is 0 Å². The van der Waals surface area contributed by atoms with E-state index < -0.39 is 0 Å². The second-order valence-electron chi connectivity index (χ2n) is 7.30. The molecule has 1 aliphatic heterocycles. The number of likely N-dealkylation sites (tertiary alicyclic amines) is 1. The molecule has 0 N–H and O–H groups in total. The van der Waals surface area contributed by atoms with Gasteiger partial charge in [0.15, 0.2) is 0 Å². The minimum Gasteiger partial charge on any atom is -0.303 e. The third-order valence-electron chi connectivity index (χ3n) is 5.57. The fraction of sp³-hybridized carbons (Fsp3) is 0.455. The molecule has 2 aromatic heterocycles. The van der Waals surface area contributed by atoms with E-state index in [1.807, 2.05) is 18.3 Å². The van der Waals surface area contributed by atoms with Gasteiger partial charge in [-0.2, -0.15) is 0 Å². The molecule has 0 radical (unpaired) electrons. The molecule has 0 unspecified atom stereocenters. The van der Waals surface area contributed by atoms with Gasteiger partial charge >= 0.3 is 0 Å². The molecule has 0 bridgehead atoms. The summed E-state index contributed by atoms with van der Waals surface area (Å²) >= 11 is 6.40. The summed E-state index contributed by atoms with van der Waals surface area (Å²) in [5, 5.41) is 2.59. The standard InChI is InChI=1S/C22H26ClN3/c1-2-16-14-19-20(25-22(23)18-9-7-10-24-21(18)19)15-17(16)8-3-4-11-26-12-5-6-13-26/h7,9-10,14-15H,2-6,8,11-13H2,1H3. The van der Waals surface area contributed by atoms with E-state index in [9.17, 15) is 0 Å². The van der Waals surface area contributed by atoms with E-state index in [0.717, 1.165) is 34.6 Å². The molecule has 136 valence electrons. The number of hydrogen-bond acceptors (Lipinski definition) is 3. The zero-order valence-electron chi connectivity index (χ0n) is 15.5. The highest BCUT2D eigenvalue weighted by Gasteiger charge is 2.13. The number of aromatic nitrogens is 2. The van der Waals surface area contributed by atoms with Crippen LogP contribution in [0.2, 0.25) is 5.15 Å². The van der Waals surface area contributed by atoms with Gasteiger partial charge in [0.25, 0.3) is 0 Å². The summed E-state index contributed by atoms with van der Waals surface area (Å²) in [5.74, 6) is 0. The summed E-state index contributed by atoms with van der Waals surface area (Å²) in [5.41, 5.74) is 4.75. The maximum Gasteiger partial charge on any atom is 0.139 e. The van der Waals surface area contributed by atoms with Crippen LogP contribution >= 0.6 is 11.6 Å². The lowest BCUT2D eigenvalue weighted by Gasteiger charge is -2.15. The summed E-state index contributed by atoms with van der Waals surface area (Å²) in [7, 11) is 0. The highest BCUT2D eigenvalue weighted by molar-refractivity contribution is 6.35. The molecule has 1 aromatic carbocycles. The van der Waals surface area contributed by atoms with Crippen LogP contribution in [0.5, 0.6) is 0 Å². The molecule has 0 atom stereocenters. The molecule has 3 heterocycles. The smallest absolute Gasteiger partial charge is 0.139 e. The molecule has 1 fully saturated rings. The fourth-order valence-electron chi connectivity index (χ4n) is 4.13. The largest absolute Gasteiger partial charge is 0.303 e. The molecule has 4 heteroatoms. The quantitative estimate of drug-likeness (QED) is 0.331. The second-order valence-corrected chi connectivity index (χ2v) is 7.66. The fourth-order valence-corrected chi connectivity index (χ4v) is 4.37. The van der Waals surface area contributed by atoms with Crippen molar-refractivity contribution in [3.8, 4) is 0 Å². The highest BCUT2D eigenvalue weighted by Crippen LogP contribution is 2.30. The van der Waals surface area contributed by atoms with Gasteiger partial charge in [0, 0.05) is 17.0 Å². The Labute approximate surface area is 160 Å². The molecule has 0 amide bonds. The van der Waals surface area contributed by atoms with Crippen molar-refractivity contribution >= 4 is 33.4 Å². The molecule has 4 rings (SSSR count). The Bertz CT molecular complexity index is 916. The van der Waals surface area contributed by atoms with Gasteiger partial charge in [-0.1, -0.05) is 18.5 Å². The zero-order chi connectivity index (χ0) is 17.9. The molecule has 0 aliphatic carbocycles. The van der Waals surface area contributed by atoms with Gasteiger partial charge in [-0.15, -0.1) is 0 Å². The molecule has 3 aromatic rings. The number of benzene rings is 1. The molecule has 0 saturated carbocycles. The van der Waals surface area contributed by atoms with Gasteiger partial charge < -0.3 is 4.90 Å². The average molecular weight is 368 g/mol. The molecule has 0 spiro atoms. The van der Waals surface area contributed by atoms with Crippen molar-refractivity contribution in [2.75, 3.05) is 19.6 Å². The summed E-state index contributed by atoms with van der Waals surface area (Å²) < 4.78 is 0. The van der Waals surface area contributed by atoms with Crippen LogP contribution < -0.4 is 0 Å². The topological polar surface area (TPSA) is 29.0 Å². The molecule has 26 heavy (non-hydrogen) atoms. The number of pyridine rings is 2. The summed E-state index contributed by atoms with van der Waals surface area (Å²) in [6.07, 6.45) is 9.23. The van der Waals surface area contributed by atoms with Gasteiger partial charge in [-0.05, 0) is 93.6 Å². The Morgan fingerprint density at radius 2 is 1.92 bits per heavy atom. The van der Waals surface area contributed by atoms with Crippen molar-refractivity contribution in [3.05, 3.63) is 46.7 Å². The number of halogens is 1. The molecule has 1 saturated heterocycles. The molecular formula is C22H26ClN3. The Morgan fingerprint density at radius 1 is 1.08 bits per heavy atom. The molecular weight excluding hydrogens is 342 g/mol. The van der Waals surface area contributed by atoms with Gasteiger partial charge in [0.1, 0.15) is 5.15 Å². The highest BCUT2D eigenvalue weighted by atomic mass is 35.5. The predicted octanol–water partition coefficient (Wildman–Crippen LogP) is 5.42. The summed E-state index contributed by atoms with van der Waals surface area (Å²) in [4.78, 5) is 11.8. The maximum atomic E-state index is 6.40. The Morgan fingerprint density at radius 3 is 2.73 bits per heavy atom. The third kappa shape index (κ3) is 3.56. The van der Waals surface area contributed by atoms with Crippen LogP contribution in [-0.2, 0) is 12.8 Å². The van der Waals surface area contributed by atoms with Crippen molar-refractivity contribution in [2.24, 2.45) is 0 Å². The molecule has 3 nitrogen and oxygen atoms in total. The Balaban J connectivity index is 1.59.